The Morgan fingerprint density at radius 3 is 3.10 bits per heavy atom. The van der Waals surface area contributed by atoms with Gasteiger partial charge in [-0.25, -0.2) is 0 Å². The summed E-state index contributed by atoms with van der Waals surface area (Å²) in [4.78, 5) is 14.4. The Morgan fingerprint density at radius 1 is 1.35 bits per heavy atom. The Balaban J connectivity index is 1.95. The van der Waals surface area contributed by atoms with Crippen LogP contribution in [-0.2, 0) is 11.2 Å². The summed E-state index contributed by atoms with van der Waals surface area (Å²) in [7, 11) is 1.73. The van der Waals surface area contributed by atoms with Gasteiger partial charge in [0, 0.05) is 20.1 Å². The molecule has 0 radical (unpaired) electrons. The van der Waals surface area contributed by atoms with Crippen molar-refractivity contribution in [2.24, 2.45) is 0 Å². The molecule has 108 valence electrons. The molecule has 1 fully saturated rings. The number of piperidine rings is 1. The average Bonchev–Trinajstić information content (AvgIpc) is 2.53. The SMILES string of the molecule is CNC(=O)C1CCCCN1c1cccc2c1NCCC2. The number of rotatable bonds is 2. The summed E-state index contributed by atoms with van der Waals surface area (Å²) < 4.78 is 0. The lowest BCUT2D eigenvalue weighted by molar-refractivity contribution is -0.122. The van der Waals surface area contributed by atoms with Crippen LogP contribution in [0.3, 0.4) is 0 Å². The van der Waals surface area contributed by atoms with Crippen molar-refractivity contribution < 1.29 is 4.79 Å². The third kappa shape index (κ3) is 2.35. The van der Waals surface area contributed by atoms with Crippen molar-refractivity contribution in [2.75, 3.05) is 30.4 Å². The number of likely N-dealkylation sites (N-methyl/N-ethyl adjacent to an activating group) is 1. The van der Waals surface area contributed by atoms with E-state index in [2.05, 4.69) is 33.7 Å². The quantitative estimate of drug-likeness (QED) is 0.868. The first-order valence-electron chi connectivity index (χ1n) is 7.65. The molecule has 2 heterocycles. The predicted molar refractivity (Wildman–Crippen MR) is 82.3 cm³/mol. The summed E-state index contributed by atoms with van der Waals surface area (Å²) in [6.45, 7) is 2.00. The summed E-state index contributed by atoms with van der Waals surface area (Å²) in [6.07, 6.45) is 5.57. The second-order valence-corrected chi connectivity index (χ2v) is 5.66. The summed E-state index contributed by atoms with van der Waals surface area (Å²) in [5.74, 6) is 0.137. The van der Waals surface area contributed by atoms with Crippen molar-refractivity contribution in [1.29, 1.82) is 0 Å². The highest BCUT2D eigenvalue weighted by Gasteiger charge is 2.30. The number of nitrogens with one attached hydrogen (secondary N) is 2. The number of hydrogen-bond acceptors (Lipinski definition) is 3. The first kappa shape index (κ1) is 13.3. The van der Waals surface area contributed by atoms with E-state index in [9.17, 15) is 4.79 Å². The Morgan fingerprint density at radius 2 is 2.25 bits per heavy atom. The van der Waals surface area contributed by atoms with Gasteiger partial charge in [-0.15, -0.1) is 0 Å². The first-order chi connectivity index (χ1) is 9.81. The van der Waals surface area contributed by atoms with Crippen LogP contribution in [0.15, 0.2) is 18.2 Å². The molecule has 0 aromatic heterocycles. The van der Waals surface area contributed by atoms with Gasteiger partial charge in [0.05, 0.1) is 11.4 Å². The lowest BCUT2D eigenvalue weighted by atomic mass is 9.97. The minimum Gasteiger partial charge on any atom is -0.383 e. The third-order valence-corrected chi connectivity index (χ3v) is 4.41. The topological polar surface area (TPSA) is 44.4 Å². The fraction of sp³-hybridized carbons (Fsp3) is 0.562. The Kier molecular flexibility index (Phi) is 3.81. The molecule has 1 unspecified atom stereocenters. The minimum atomic E-state index is -0.0241. The number of amides is 1. The molecular weight excluding hydrogens is 250 g/mol. The molecule has 4 heteroatoms. The smallest absolute Gasteiger partial charge is 0.242 e. The van der Waals surface area contributed by atoms with Crippen LogP contribution in [0, 0.1) is 0 Å². The molecule has 0 bridgehead atoms. The lowest BCUT2D eigenvalue weighted by Crippen LogP contribution is -2.49. The molecule has 4 nitrogen and oxygen atoms in total. The molecule has 3 rings (SSSR count). The van der Waals surface area contributed by atoms with Crippen molar-refractivity contribution in [2.45, 2.75) is 38.1 Å². The van der Waals surface area contributed by atoms with Gasteiger partial charge in [0.15, 0.2) is 0 Å². The molecule has 0 spiro atoms. The van der Waals surface area contributed by atoms with Crippen LogP contribution >= 0.6 is 0 Å². The second kappa shape index (κ2) is 5.73. The summed E-state index contributed by atoms with van der Waals surface area (Å²) >= 11 is 0. The standard InChI is InChI=1S/C16H23N3O/c1-17-16(20)14-8-2-3-11-19(14)13-9-4-6-12-7-5-10-18-15(12)13/h4,6,9,14,18H,2-3,5,7-8,10-11H2,1H3,(H,17,20). The number of anilines is 2. The van der Waals surface area contributed by atoms with Gasteiger partial charge in [-0.1, -0.05) is 12.1 Å². The van der Waals surface area contributed by atoms with Gasteiger partial charge in [-0.3, -0.25) is 4.79 Å². The Bertz CT molecular complexity index is 500. The third-order valence-electron chi connectivity index (χ3n) is 4.41. The van der Waals surface area contributed by atoms with E-state index < -0.39 is 0 Å². The molecule has 0 saturated carbocycles. The summed E-state index contributed by atoms with van der Waals surface area (Å²) in [5, 5.41) is 6.35. The fourth-order valence-corrected chi connectivity index (χ4v) is 3.39. The monoisotopic (exact) mass is 273 g/mol. The maximum atomic E-state index is 12.1. The number of aryl methyl sites for hydroxylation is 1. The van der Waals surface area contributed by atoms with Crippen molar-refractivity contribution in [3.05, 3.63) is 23.8 Å². The van der Waals surface area contributed by atoms with Crippen LogP contribution in [0.2, 0.25) is 0 Å². The molecule has 0 aliphatic carbocycles. The molecule has 1 aromatic carbocycles. The Labute approximate surface area is 120 Å². The van der Waals surface area contributed by atoms with Gasteiger partial charge >= 0.3 is 0 Å². The van der Waals surface area contributed by atoms with E-state index in [0.717, 1.165) is 38.8 Å². The van der Waals surface area contributed by atoms with Crippen molar-refractivity contribution in [1.82, 2.24) is 5.32 Å². The van der Waals surface area contributed by atoms with Gasteiger partial charge in [0.2, 0.25) is 5.91 Å². The number of fused-ring (bicyclic) bond motifs is 1. The van der Waals surface area contributed by atoms with Crippen molar-refractivity contribution in [3.8, 4) is 0 Å². The van der Waals surface area contributed by atoms with Crippen molar-refractivity contribution >= 4 is 17.3 Å². The van der Waals surface area contributed by atoms with Crippen LogP contribution in [0.5, 0.6) is 0 Å². The molecule has 2 N–H and O–H groups in total. The second-order valence-electron chi connectivity index (χ2n) is 5.66. The molecule has 1 atom stereocenters. The van der Waals surface area contributed by atoms with E-state index in [1.807, 2.05) is 0 Å². The number of carbonyl (C=O) groups excluding carboxylic acids is 1. The number of nitrogens with zero attached hydrogens (tertiary/aromatic N) is 1. The maximum Gasteiger partial charge on any atom is 0.242 e. The van der Waals surface area contributed by atoms with Crippen LogP contribution in [0.25, 0.3) is 0 Å². The zero-order chi connectivity index (χ0) is 13.9. The van der Waals surface area contributed by atoms with E-state index >= 15 is 0 Å². The van der Waals surface area contributed by atoms with E-state index in [4.69, 9.17) is 0 Å². The van der Waals surface area contributed by atoms with Crippen molar-refractivity contribution in [3.63, 3.8) is 0 Å². The molecule has 1 aromatic rings. The highest BCUT2D eigenvalue weighted by Crippen LogP contribution is 2.36. The van der Waals surface area contributed by atoms with Gasteiger partial charge in [-0.05, 0) is 43.7 Å². The van der Waals surface area contributed by atoms with Gasteiger partial charge < -0.3 is 15.5 Å². The number of hydrogen-bond donors (Lipinski definition) is 2. The summed E-state index contributed by atoms with van der Waals surface area (Å²) in [5.41, 5.74) is 3.83. The van der Waals surface area contributed by atoms with Gasteiger partial charge in [0.1, 0.15) is 6.04 Å². The lowest BCUT2D eigenvalue weighted by Gasteiger charge is -2.38. The number of benzene rings is 1. The highest BCUT2D eigenvalue weighted by atomic mass is 16.2. The number of carbonyl (C=O) groups is 1. The molecule has 1 saturated heterocycles. The van der Waals surface area contributed by atoms with E-state index in [-0.39, 0.29) is 11.9 Å². The van der Waals surface area contributed by atoms with E-state index in [1.165, 1.54) is 23.4 Å². The summed E-state index contributed by atoms with van der Waals surface area (Å²) in [6, 6.07) is 6.45. The van der Waals surface area contributed by atoms with Crippen LogP contribution < -0.4 is 15.5 Å². The van der Waals surface area contributed by atoms with E-state index in [1.54, 1.807) is 7.05 Å². The number of para-hydroxylation sites is 1. The fourth-order valence-electron chi connectivity index (χ4n) is 3.39. The van der Waals surface area contributed by atoms with E-state index in [0.29, 0.717) is 0 Å². The predicted octanol–water partition coefficient (Wildman–Crippen LogP) is 2.15. The maximum absolute atomic E-state index is 12.1. The van der Waals surface area contributed by atoms with Gasteiger partial charge in [-0.2, -0.15) is 0 Å². The highest BCUT2D eigenvalue weighted by molar-refractivity contribution is 5.87. The normalized spacial score (nSPS) is 21.9. The van der Waals surface area contributed by atoms with Crippen LogP contribution in [-0.4, -0.2) is 32.1 Å². The van der Waals surface area contributed by atoms with Gasteiger partial charge in [0.25, 0.3) is 0 Å². The zero-order valence-corrected chi connectivity index (χ0v) is 12.1. The largest absolute Gasteiger partial charge is 0.383 e. The Hall–Kier alpha value is -1.71. The molecule has 1 amide bonds. The molecular formula is C16H23N3O. The zero-order valence-electron chi connectivity index (χ0n) is 12.1. The first-order valence-corrected chi connectivity index (χ1v) is 7.65. The molecule has 2 aliphatic heterocycles. The van der Waals surface area contributed by atoms with Crippen LogP contribution in [0.4, 0.5) is 11.4 Å². The molecule has 2 aliphatic rings. The molecule has 20 heavy (non-hydrogen) atoms. The average molecular weight is 273 g/mol. The van der Waals surface area contributed by atoms with Crippen LogP contribution in [0.1, 0.15) is 31.2 Å². The minimum absolute atomic E-state index is 0.0241.